The Labute approximate surface area is 101 Å². The summed E-state index contributed by atoms with van der Waals surface area (Å²) in [6.07, 6.45) is 0.359. The normalized spacial score (nSPS) is 29.3. The minimum absolute atomic E-state index is 0.00609. The average molecular weight is 250 g/mol. The highest BCUT2D eigenvalue weighted by Gasteiger charge is 2.35. The Morgan fingerprint density at radius 2 is 2.00 bits per heavy atom. The Morgan fingerprint density at radius 3 is 2.59 bits per heavy atom. The molecule has 2 atom stereocenters. The summed E-state index contributed by atoms with van der Waals surface area (Å²) in [4.78, 5) is 2.36. The lowest BCUT2D eigenvalue weighted by molar-refractivity contribution is -0.127. The molecule has 17 heavy (non-hydrogen) atoms. The number of piperidine rings is 1. The van der Waals surface area contributed by atoms with E-state index in [2.05, 4.69) is 17.1 Å². The van der Waals surface area contributed by atoms with Gasteiger partial charge in [0.05, 0.1) is 6.54 Å². The highest BCUT2D eigenvalue weighted by Crippen LogP contribution is 2.36. The molecule has 0 aromatic rings. The Bertz CT molecular complexity index is 251. The predicted octanol–water partition coefficient (Wildman–Crippen LogP) is 2.40. The van der Waals surface area contributed by atoms with Gasteiger partial charge in [-0.25, -0.2) is 0 Å². The third kappa shape index (κ3) is 4.14. The molecule has 0 amide bonds. The van der Waals surface area contributed by atoms with Crippen molar-refractivity contribution in [2.24, 2.45) is 5.92 Å². The summed E-state index contributed by atoms with van der Waals surface area (Å²) in [5, 5.41) is 2.64. The van der Waals surface area contributed by atoms with Crippen LogP contribution in [-0.4, -0.2) is 42.8 Å². The van der Waals surface area contributed by atoms with Gasteiger partial charge in [0.2, 0.25) is 0 Å². The first kappa shape index (κ1) is 13.1. The minimum atomic E-state index is -4.09. The molecule has 2 fully saturated rings. The molecular weight excluding hydrogens is 229 g/mol. The highest BCUT2D eigenvalue weighted by atomic mass is 19.4. The van der Waals surface area contributed by atoms with E-state index < -0.39 is 12.7 Å². The molecule has 1 aliphatic carbocycles. The Balaban J connectivity index is 1.76. The van der Waals surface area contributed by atoms with Crippen molar-refractivity contribution in [3.63, 3.8) is 0 Å². The van der Waals surface area contributed by atoms with Gasteiger partial charge in [-0.3, -0.25) is 4.90 Å². The summed E-state index contributed by atoms with van der Waals surface area (Å²) < 4.78 is 36.4. The first-order chi connectivity index (χ1) is 7.96. The van der Waals surface area contributed by atoms with Gasteiger partial charge in [-0.05, 0) is 45.1 Å². The molecule has 0 bridgehead atoms. The van der Waals surface area contributed by atoms with Crippen LogP contribution in [0.2, 0.25) is 0 Å². The second kappa shape index (κ2) is 5.14. The summed E-state index contributed by atoms with van der Waals surface area (Å²) >= 11 is 0. The van der Waals surface area contributed by atoms with Crippen LogP contribution in [0, 0.1) is 5.92 Å². The van der Waals surface area contributed by atoms with E-state index in [1.165, 1.54) is 12.8 Å². The van der Waals surface area contributed by atoms with E-state index in [0.29, 0.717) is 6.04 Å². The molecule has 0 aromatic heterocycles. The molecular formula is C12H21F3N2. The van der Waals surface area contributed by atoms with Gasteiger partial charge in [-0.1, -0.05) is 0 Å². The van der Waals surface area contributed by atoms with Crippen LogP contribution in [0.4, 0.5) is 13.2 Å². The molecule has 0 aromatic carbocycles. The van der Waals surface area contributed by atoms with Crippen molar-refractivity contribution in [2.45, 2.75) is 50.9 Å². The van der Waals surface area contributed by atoms with Crippen LogP contribution in [0.3, 0.4) is 0 Å². The van der Waals surface area contributed by atoms with E-state index in [0.717, 1.165) is 31.8 Å². The average Bonchev–Trinajstić information content (AvgIpc) is 3.09. The standard InChI is InChI=1S/C12H21F3N2/c1-9(10-4-5-10)17-6-2-3-11(7-17)16-8-12(13,14)15/h9-11,16H,2-8H2,1H3. The number of nitrogens with one attached hydrogen (secondary N) is 1. The second-order valence-electron chi connectivity index (χ2n) is 5.41. The molecule has 5 heteroatoms. The minimum Gasteiger partial charge on any atom is -0.305 e. The van der Waals surface area contributed by atoms with Gasteiger partial charge in [0.1, 0.15) is 0 Å². The maximum Gasteiger partial charge on any atom is 0.401 e. The van der Waals surface area contributed by atoms with Crippen LogP contribution in [0.5, 0.6) is 0 Å². The lowest BCUT2D eigenvalue weighted by atomic mass is 10.0. The quantitative estimate of drug-likeness (QED) is 0.824. The Hall–Kier alpha value is -0.290. The molecule has 100 valence electrons. The summed E-state index contributed by atoms with van der Waals surface area (Å²) in [6, 6.07) is 0.553. The largest absolute Gasteiger partial charge is 0.401 e. The van der Waals surface area contributed by atoms with Gasteiger partial charge < -0.3 is 5.32 Å². The van der Waals surface area contributed by atoms with E-state index >= 15 is 0 Å². The number of hydrogen-bond donors (Lipinski definition) is 1. The monoisotopic (exact) mass is 250 g/mol. The van der Waals surface area contributed by atoms with Crippen molar-refractivity contribution in [3.8, 4) is 0 Å². The molecule has 1 heterocycles. The fourth-order valence-corrected chi connectivity index (χ4v) is 2.68. The first-order valence-corrected chi connectivity index (χ1v) is 6.50. The smallest absolute Gasteiger partial charge is 0.305 e. The molecule has 2 unspecified atom stereocenters. The van der Waals surface area contributed by atoms with Crippen molar-refractivity contribution in [1.82, 2.24) is 10.2 Å². The van der Waals surface area contributed by atoms with E-state index in [4.69, 9.17) is 0 Å². The topological polar surface area (TPSA) is 15.3 Å². The maximum atomic E-state index is 12.1. The van der Waals surface area contributed by atoms with Crippen LogP contribution in [0.1, 0.15) is 32.6 Å². The van der Waals surface area contributed by atoms with Crippen LogP contribution < -0.4 is 5.32 Å². The Morgan fingerprint density at radius 1 is 1.29 bits per heavy atom. The summed E-state index contributed by atoms with van der Waals surface area (Å²) in [5.74, 6) is 0.788. The molecule has 0 radical (unpaired) electrons. The number of nitrogens with zero attached hydrogens (tertiary/aromatic N) is 1. The lowest BCUT2D eigenvalue weighted by Crippen LogP contribution is -2.51. The van der Waals surface area contributed by atoms with Gasteiger partial charge in [0.15, 0.2) is 0 Å². The molecule has 1 aliphatic heterocycles. The predicted molar refractivity (Wildman–Crippen MR) is 60.8 cm³/mol. The lowest BCUT2D eigenvalue weighted by Gasteiger charge is -2.37. The van der Waals surface area contributed by atoms with Crippen molar-refractivity contribution < 1.29 is 13.2 Å². The summed E-state index contributed by atoms with van der Waals surface area (Å²) in [7, 11) is 0. The molecule has 1 N–H and O–H groups in total. The number of halogens is 3. The number of likely N-dealkylation sites (tertiary alicyclic amines) is 1. The van der Waals surface area contributed by atoms with Gasteiger partial charge in [0, 0.05) is 18.6 Å². The molecule has 1 saturated carbocycles. The van der Waals surface area contributed by atoms with E-state index in [1.807, 2.05) is 0 Å². The van der Waals surface area contributed by atoms with E-state index in [-0.39, 0.29) is 6.04 Å². The van der Waals surface area contributed by atoms with E-state index in [1.54, 1.807) is 0 Å². The van der Waals surface area contributed by atoms with Crippen LogP contribution in [0.15, 0.2) is 0 Å². The van der Waals surface area contributed by atoms with Gasteiger partial charge in [-0.2, -0.15) is 13.2 Å². The molecule has 2 rings (SSSR count). The van der Waals surface area contributed by atoms with Gasteiger partial charge in [0.25, 0.3) is 0 Å². The van der Waals surface area contributed by atoms with Crippen molar-refractivity contribution >= 4 is 0 Å². The number of rotatable bonds is 4. The van der Waals surface area contributed by atoms with Crippen LogP contribution in [0.25, 0.3) is 0 Å². The Kier molecular flexibility index (Phi) is 3.98. The molecule has 1 saturated heterocycles. The first-order valence-electron chi connectivity index (χ1n) is 6.50. The third-order valence-electron chi connectivity index (χ3n) is 3.92. The van der Waals surface area contributed by atoms with Crippen LogP contribution in [-0.2, 0) is 0 Å². The number of hydrogen-bond acceptors (Lipinski definition) is 2. The summed E-state index contributed by atoms with van der Waals surface area (Å²) in [5.41, 5.74) is 0. The highest BCUT2D eigenvalue weighted by molar-refractivity contribution is 4.89. The van der Waals surface area contributed by atoms with Crippen molar-refractivity contribution in [1.29, 1.82) is 0 Å². The zero-order chi connectivity index (χ0) is 12.5. The van der Waals surface area contributed by atoms with Gasteiger partial charge in [-0.15, -0.1) is 0 Å². The van der Waals surface area contributed by atoms with Crippen molar-refractivity contribution in [2.75, 3.05) is 19.6 Å². The van der Waals surface area contributed by atoms with Gasteiger partial charge >= 0.3 is 6.18 Å². The molecule has 2 aliphatic rings. The summed E-state index contributed by atoms with van der Waals surface area (Å²) in [6.45, 7) is 3.17. The SMILES string of the molecule is CC(C1CC1)N1CCCC(NCC(F)(F)F)C1. The van der Waals surface area contributed by atoms with Crippen LogP contribution >= 0.6 is 0 Å². The second-order valence-corrected chi connectivity index (χ2v) is 5.41. The van der Waals surface area contributed by atoms with E-state index in [9.17, 15) is 13.2 Å². The third-order valence-corrected chi connectivity index (χ3v) is 3.92. The number of alkyl halides is 3. The fourth-order valence-electron chi connectivity index (χ4n) is 2.68. The molecule has 0 spiro atoms. The fraction of sp³-hybridized carbons (Fsp3) is 1.00. The maximum absolute atomic E-state index is 12.1. The zero-order valence-electron chi connectivity index (χ0n) is 10.3. The van der Waals surface area contributed by atoms with Crippen molar-refractivity contribution in [3.05, 3.63) is 0 Å². The molecule has 2 nitrogen and oxygen atoms in total. The zero-order valence-corrected chi connectivity index (χ0v) is 10.3.